The molecule has 2 heterocycles. The average Bonchev–Trinajstić information content (AvgIpc) is 3.22. The highest BCUT2D eigenvalue weighted by molar-refractivity contribution is 7.80. The van der Waals surface area contributed by atoms with Gasteiger partial charge >= 0.3 is 0 Å². The van der Waals surface area contributed by atoms with Gasteiger partial charge in [0.15, 0.2) is 5.11 Å². The van der Waals surface area contributed by atoms with Crippen LogP contribution in [0.5, 0.6) is 0 Å². The number of furan rings is 1. The summed E-state index contributed by atoms with van der Waals surface area (Å²) in [6, 6.07) is 13.8. The largest absolute Gasteiger partial charge is 0.545 e. The minimum Gasteiger partial charge on any atom is -0.545 e. The summed E-state index contributed by atoms with van der Waals surface area (Å²) in [5, 5.41) is 14.0. The molecular formula is C22H11Cl2N2O5S-. The van der Waals surface area contributed by atoms with Crippen molar-refractivity contribution in [3.05, 3.63) is 81.5 Å². The first-order chi connectivity index (χ1) is 15.3. The Kier molecular flexibility index (Phi) is 5.84. The number of anilines is 1. The van der Waals surface area contributed by atoms with Gasteiger partial charge in [-0.05, 0) is 42.6 Å². The zero-order chi connectivity index (χ0) is 23.0. The lowest BCUT2D eigenvalue weighted by atomic mass is 10.1. The summed E-state index contributed by atoms with van der Waals surface area (Å²) >= 11 is 17.4. The molecule has 160 valence electrons. The maximum atomic E-state index is 13.1. The van der Waals surface area contributed by atoms with E-state index in [2.05, 4.69) is 5.32 Å². The number of hydrogen-bond donors (Lipinski definition) is 1. The van der Waals surface area contributed by atoms with Crippen molar-refractivity contribution in [2.24, 2.45) is 0 Å². The highest BCUT2D eigenvalue weighted by Gasteiger charge is 2.36. The summed E-state index contributed by atoms with van der Waals surface area (Å²) in [6.45, 7) is 0. The molecule has 0 aliphatic carbocycles. The van der Waals surface area contributed by atoms with E-state index in [1.165, 1.54) is 30.3 Å². The molecular weight excluding hydrogens is 475 g/mol. The number of carboxylic acid groups (broad SMARTS) is 1. The van der Waals surface area contributed by atoms with Gasteiger partial charge in [-0.1, -0.05) is 53.5 Å². The number of hydrogen-bond acceptors (Lipinski definition) is 6. The monoisotopic (exact) mass is 485 g/mol. The summed E-state index contributed by atoms with van der Waals surface area (Å²) < 4.78 is 5.67. The number of nitrogens with one attached hydrogen (secondary N) is 1. The Hall–Kier alpha value is -3.46. The molecule has 1 N–H and O–H groups in total. The van der Waals surface area contributed by atoms with Crippen LogP contribution in [0.3, 0.4) is 0 Å². The Labute approximate surface area is 196 Å². The molecule has 2 amide bonds. The number of halogens is 2. The van der Waals surface area contributed by atoms with Crippen molar-refractivity contribution in [2.45, 2.75) is 0 Å². The van der Waals surface area contributed by atoms with E-state index in [1.54, 1.807) is 30.3 Å². The Morgan fingerprint density at radius 2 is 1.81 bits per heavy atom. The van der Waals surface area contributed by atoms with Crippen molar-refractivity contribution in [3.63, 3.8) is 0 Å². The lowest BCUT2D eigenvalue weighted by molar-refractivity contribution is -0.255. The number of carbonyl (C=O) groups excluding carboxylic acids is 3. The first-order valence-electron chi connectivity index (χ1n) is 9.04. The summed E-state index contributed by atoms with van der Waals surface area (Å²) in [7, 11) is 0. The molecule has 7 nitrogen and oxygen atoms in total. The van der Waals surface area contributed by atoms with Crippen LogP contribution >= 0.6 is 35.4 Å². The molecule has 0 spiro atoms. The van der Waals surface area contributed by atoms with E-state index in [0.29, 0.717) is 5.56 Å². The normalized spacial score (nSPS) is 15.2. The van der Waals surface area contributed by atoms with Crippen molar-refractivity contribution >= 4 is 70.1 Å². The third-order valence-electron chi connectivity index (χ3n) is 4.60. The predicted molar refractivity (Wildman–Crippen MR) is 121 cm³/mol. The molecule has 10 heteroatoms. The quantitative estimate of drug-likeness (QED) is 0.344. The van der Waals surface area contributed by atoms with Crippen molar-refractivity contribution in [2.75, 3.05) is 4.90 Å². The molecule has 1 aromatic heterocycles. The van der Waals surface area contributed by atoms with Gasteiger partial charge in [0.05, 0.1) is 21.7 Å². The predicted octanol–water partition coefficient (Wildman–Crippen LogP) is 3.45. The molecule has 1 fully saturated rings. The Morgan fingerprint density at radius 1 is 1.06 bits per heavy atom. The van der Waals surface area contributed by atoms with Gasteiger partial charge in [0, 0.05) is 11.1 Å². The molecule has 0 atom stereocenters. The van der Waals surface area contributed by atoms with E-state index in [0.717, 1.165) is 4.90 Å². The van der Waals surface area contributed by atoms with E-state index in [4.69, 9.17) is 39.8 Å². The molecule has 1 saturated heterocycles. The van der Waals surface area contributed by atoms with E-state index < -0.39 is 17.8 Å². The van der Waals surface area contributed by atoms with Crippen LogP contribution in [-0.2, 0) is 9.59 Å². The Bertz CT molecular complexity index is 1330. The molecule has 0 radical (unpaired) electrons. The van der Waals surface area contributed by atoms with Crippen LogP contribution in [0.1, 0.15) is 16.1 Å². The number of carbonyl (C=O) groups is 3. The molecule has 3 aromatic rings. The average molecular weight is 486 g/mol. The second-order valence-corrected chi connectivity index (χ2v) is 7.74. The molecule has 0 saturated carbocycles. The second-order valence-electron chi connectivity index (χ2n) is 6.57. The lowest BCUT2D eigenvalue weighted by Crippen LogP contribution is -2.54. The van der Waals surface area contributed by atoms with Gasteiger partial charge in [0.2, 0.25) is 0 Å². The number of benzene rings is 2. The molecule has 0 unspecified atom stereocenters. The van der Waals surface area contributed by atoms with Crippen LogP contribution in [0.4, 0.5) is 5.69 Å². The molecule has 0 bridgehead atoms. The number of thiocarbonyl (C=S) groups is 1. The van der Waals surface area contributed by atoms with Gasteiger partial charge in [-0.2, -0.15) is 0 Å². The molecule has 4 rings (SSSR count). The summed E-state index contributed by atoms with van der Waals surface area (Å²) in [4.78, 5) is 38.0. The van der Waals surface area contributed by atoms with Crippen LogP contribution in [0.2, 0.25) is 10.0 Å². The van der Waals surface area contributed by atoms with Gasteiger partial charge in [-0.15, -0.1) is 0 Å². The first kappa shape index (κ1) is 21.8. The summed E-state index contributed by atoms with van der Waals surface area (Å²) in [5.74, 6) is -2.43. The summed E-state index contributed by atoms with van der Waals surface area (Å²) in [5.41, 5.74) is 0.191. The zero-order valence-electron chi connectivity index (χ0n) is 15.9. The van der Waals surface area contributed by atoms with E-state index in [9.17, 15) is 19.5 Å². The summed E-state index contributed by atoms with van der Waals surface area (Å²) in [6.07, 6.45) is 1.23. The van der Waals surface area contributed by atoms with Gasteiger partial charge in [-0.3, -0.25) is 19.8 Å². The smallest absolute Gasteiger partial charge is 0.270 e. The fraction of sp³-hybridized carbons (Fsp3) is 0. The number of aromatic carboxylic acids is 1. The van der Waals surface area contributed by atoms with Gasteiger partial charge < -0.3 is 14.3 Å². The lowest BCUT2D eigenvalue weighted by Gasteiger charge is -2.29. The molecule has 1 aliphatic heterocycles. The molecule has 32 heavy (non-hydrogen) atoms. The van der Waals surface area contributed by atoms with Crippen LogP contribution in [0, 0.1) is 0 Å². The molecule has 2 aromatic carbocycles. The van der Waals surface area contributed by atoms with E-state index >= 15 is 0 Å². The maximum Gasteiger partial charge on any atom is 0.270 e. The van der Waals surface area contributed by atoms with Crippen LogP contribution in [-0.4, -0.2) is 22.9 Å². The fourth-order valence-corrected chi connectivity index (χ4v) is 3.79. The number of amides is 2. The van der Waals surface area contributed by atoms with Crippen molar-refractivity contribution in [1.82, 2.24) is 5.32 Å². The number of rotatable bonds is 4. The second kappa shape index (κ2) is 8.58. The Morgan fingerprint density at radius 3 is 2.56 bits per heavy atom. The van der Waals surface area contributed by atoms with Gasteiger partial charge in [0.25, 0.3) is 11.8 Å². The third-order valence-corrected chi connectivity index (χ3v) is 5.69. The first-order valence-corrected chi connectivity index (χ1v) is 10.2. The zero-order valence-corrected chi connectivity index (χ0v) is 18.3. The standard InChI is InChI=1S/C22H12Cl2N2O5S/c23-15-6-3-7-16(18(15)24)26-20(28)14(19(27)25-22(26)32)10-11-8-9-17(31-11)12-4-1-2-5-13(12)21(29)30/h1-10H,(H,29,30)(H,25,27,32)/p-1/b14-10+. The van der Waals surface area contributed by atoms with E-state index in [1.807, 2.05) is 0 Å². The molecule has 1 aliphatic rings. The van der Waals surface area contributed by atoms with Crippen molar-refractivity contribution in [3.8, 4) is 11.3 Å². The van der Waals surface area contributed by atoms with Gasteiger partial charge in [0.1, 0.15) is 17.1 Å². The van der Waals surface area contributed by atoms with Crippen LogP contribution in [0.25, 0.3) is 17.4 Å². The maximum absolute atomic E-state index is 13.1. The highest BCUT2D eigenvalue weighted by atomic mass is 35.5. The fourth-order valence-electron chi connectivity index (χ4n) is 3.13. The Balaban J connectivity index is 1.72. The van der Waals surface area contributed by atoms with Gasteiger partial charge in [-0.25, -0.2) is 0 Å². The van der Waals surface area contributed by atoms with E-state index in [-0.39, 0.29) is 43.5 Å². The van der Waals surface area contributed by atoms with Crippen LogP contribution < -0.4 is 15.3 Å². The van der Waals surface area contributed by atoms with Crippen LogP contribution in [0.15, 0.2) is 64.6 Å². The minimum absolute atomic E-state index is 0.0559. The highest BCUT2D eigenvalue weighted by Crippen LogP contribution is 2.34. The van der Waals surface area contributed by atoms with Crippen molar-refractivity contribution in [1.29, 1.82) is 0 Å². The third kappa shape index (κ3) is 3.91. The topological polar surface area (TPSA) is 103 Å². The SMILES string of the molecule is O=C1NC(=S)N(c2cccc(Cl)c2Cl)C(=O)/C1=C/c1ccc(-c2ccccc2C(=O)[O-])o1. The number of carboxylic acids is 1. The number of nitrogens with zero attached hydrogens (tertiary/aromatic N) is 1. The minimum atomic E-state index is -1.36. The van der Waals surface area contributed by atoms with Crippen molar-refractivity contribution < 1.29 is 23.9 Å².